The van der Waals surface area contributed by atoms with Crippen LogP contribution < -0.4 is 10.6 Å². The Morgan fingerprint density at radius 1 is 1.19 bits per heavy atom. The number of likely N-dealkylation sites (N-methyl/N-ethyl adjacent to an activating group) is 1. The number of ether oxygens (including phenoxy) is 1. The molecule has 2 fully saturated rings. The van der Waals surface area contributed by atoms with Gasteiger partial charge < -0.3 is 20.3 Å². The highest BCUT2D eigenvalue weighted by Crippen LogP contribution is 2.33. The molecule has 1 heterocycles. The summed E-state index contributed by atoms with van der Waals surface area (Å²) in [5, 5.41) is 6.92. The van der Waals surface area contributed by atoms with Gasteiger partial charge in [-0.15, -0.1) is 24.0 Å². The number of carbonyl (C=O) groups excluding carboxylic acids is 1. The molecule has 0 spiro atoms. The van der Waals surface area contributed by atoms with Crippen LogP contribution in [0.2, 0.25) is 0 Å². The van der Waals surface area contributed by atoms with E-state index in [-0.39, 0.29) is 36.4 Å². The summed E-state index contributed by atoms with van der Waals surface area (Å²) in [4.78, 5) is 18.0. The van der Waals surface area contributed by atoms with Gasteiger partial charge in [-0.25, -0.2) is 4.99 Å². The summed E-state index contributed by atoms with van der Waals surface area (Å²) in [6, 6.07) is 0. The number of carbonyl (C=O) groups is 1. The van der Waals surface area contributed by atoms with Gasteiger partial charge in [0.2, 0.25) is 5.91 Å². The fourth-order valence-electron chi connectivity index (χ4n) is 3.50. The largest absolute Gasteiger partial charge is 0.381 e. The third-order valence-electron chi connectivity index (χ3n) is 5.45. The van der Waals surface area contributed by atoms with Crippen molar-refractivity contribution in [3.05, 3.63) is 0 Å². The van der Waals surface area contributed by atoms with Crippen LogP contribution in [-0.2, 0) is 9.53 Å². The number of nitrogens with zero attached hydrogens (tertiary/aromatic N) is 2. The standard InChI is InChI=1S/C19H36N4O2.HI/c1-19(9-6-4-5-7-10-19)15-22-18(21-13-17(24)23(2)3)20-12-16-8-11-25-14-16;/h16H,4-15H2,1-3H3,(H2,20,21,22);1H. The number of amides is 1. The van der Waals surface area contributed by atoms with Gasteiger partial charge >= 0.3 is 0 Å². The van der Waals surface area contributed by atoms with Gasteiger partial charge in [0.1, 0.15) is 6.54 Å². The minimum Gasteiger partial charge on any atom is -0.381 e. The topological polar surface area (TPSA) is 66.0 Å². The molecule has 1 saturated heterocycles. The third-order valence-corrected chi connectivity index (χ3v) is 5.45. The lowest BCUT2D eigenvalue weighted by Gasteiger charge is -2.29. The van der Waals surface area contributed by atoms with Crippen molar-refractivity contribution in [2.24, 2.45) is 16.3 Å². The fraction of sp³-hybridized carbons (Fsp3) is 0.895. The number of nitrogens with one attached hydrogen (secondary N) is 2. The Morgan fingerprint density at radius 2 is 1.88 bits per heavy atom. The van der Waals surface area contributed by atoms with Crippen molar-refractivity contribution in [2.75, 3.05) is 46.9 Å². The van der Waals surface area contributed by atoms with Crippen LogP contribution in [0.4, 0.5) is 0 Å². The molecule has 1 unspecified atom stereocenters. The van der Waals surface area contributed by atoms with Gasteiger partial charge in [-0.1, -0.05) is 32.6 Å². The Kier molecular flexibility index (Phi) is 10.8. The lowest BCUT2D eigenvalue weighted by Crippen LogP contribution is -2.45. The number of halogens is 1. The Labute approximate surface area is 175 Å². The van der Waals surface area contributed by atoms with E-state index in [2.05, 4.69) is 22.5 Å². The maximum atomic E-state index is 11.9. The van der Waals surface area contributed by atoms with Crippen LogP contribution in [0.3, 0.4) is 0 Å². The molecule has 6 nitrogen and oxygen atoms in total. The molecule has 1 aliphatic heterocycles. The van der Waals surface area contributed by atoms with Crippen molar-refractivity contribution in [3.63, 3.8) is 0 Å². The minimum atomic E-state index is 0. The molecule has 0 radical (unpaired) electrons. The van der Waals surface area contributed by atoms with E-state index in [0.29, 0.717) is 11.3 Å². The van der Waals surface area contributed by atoms with Gasteiger partial charge in [0, 0.05) is 39.7 Å². The number of hydrogen-bond acceptors (Lipinski definition) is 3. The lowest BCUT2D eigenvalue weighted by atomic mass is 9.82. The summed E-state index contributed by atoms with van der Waals surface area (Å²) >= 11 is 0. The van der Waals surface area contributed by atoms with E-state index in [9.17, 15) is 4.79 Å². The molecular formula is C19H37IN4O2. The highest BCUT2D eigenvalue weighted by atomic mass is 127. The second kappa shape index (κ2) is 12.0. The molecule has 1 atom stereocenters. The molecular weight excluding hydrogens is 443 g/mol. The van der Waals surface area contributed by atoms with Gasteiger partial charge in [-0.05, 0) is 24.7 Å². The quantitative estimate of drug-likeness (QED) is 0.266. The summed E-state index contributed by atoms with van der Waals surface area (Å²) in [5.74, 6) is 1.31. The van der Waals surface area contributed by atoms with E-state index >= 15 is 0 Å². The van der Waals surface area contributed by atoms with Crippen molar-refractivity contribution in [1.29, 1.82) is 0 Å². The molecule has 2 N–H and O–H groups in total. The van der Waals surface area contributed by atoms with Crippen molar-refractivity contribution in [2.45, 2.75) is 51.9 Å². The first kappa shape index (κ1) is 23.5. The second-order valence-electron chi connectivity index (χ2n) is 8.14. The third kappa shape index (κ3) is 8.41. The predicted molar refractivity (Wildman–Crippen MR) is 117 cm³/mol. The highest BCUT2D eigenvalue weighted by Gasteiger charge is 2.26. The predicted octanol–water partition coefficient (Wildman–Crippen LogP) is 2.62. The molecule has 0 aromatic rings. The molecule has 1 saturated carbocycles. The Bertz CT molecular complexity index is 443. The van der Waals surface area contributed by atoms with Gasteiger partial charge in [-0.2, -0.15) is 0 Å². The normalized spacial score (nSPS) is 22.9. The van der Waals surface area contributed by atoms with Crippen LogP contribution in [0.1, 0.15) is 51.9 Å². The summed E-state index contributed by atoms with van der Waals surface area (Å²) in [6.45, 7) is 5.98. The summed E-state index contributed by atoms with van der Waals surface area (Å²) in [5.41, 5.74) is 0.320. The van der Waals surface area contributed by atoms with Crippen LogP contribution in [0, 0.1) is 11.3 Å². The van der Waals surface area contributed by atoms with E-state index in [1.54, 1.807) is 19.0 Å². The molecule has 2 aliphatic rings. The maximum Gasteiger partial charge on any atom is 0.243 e. The number of hydrogen-bond donors (Lipinski definition) is 2. The number of rotatable bonds is 6. The van der Waals surface area contributed by atoms with Crippen LogP contribution in [-0.4, -0.2) is 63.7 Å². The van der Waals surface area contributed by atoms with E-state index in [1.165, 1.54) is 38.5 Å². The van der Waals surface area contributed by atoms with Crippen LogP contribution in [0.5, 0.6) is 0 Å². The van der Waals surface area contributed by atoms with E-state index in [1.807, 2.05) is 0 Å². The Morgan fingerprint density at radius 3 is 2.46 bits per heavy atom. The molecule has 1 aliphatic carbocycles. The fourth-order valence-corrected chi connectivity index (χ4v) is 3.50. The van der Waals surface area contributed by atoms with Crippen LogP contribution in [0.15, 0.2) is 4.99 Å². The summed E-state index contributed by atoms with van der Waals surface area (Å²) in [6.07, 6.45) is 8.96. The maximum absolute atomic E-state index is 11.9. The molecule has 0 aromatic heterocycles. The number of aliphatic imine (C=N–C) groups is 1. The zero-order valence-corrected chi connectivity index (χ0v) is 19.0. The van der Waals surface area contributed by atoms with E-state index in [0.717, 1.165) is 38.7 Å². The lowest BCUT2D eigenvalue weighted by molar-refractivity contribution is -0.127. The highest BCUT2D eigenvalue weighted by molar-refractivity contribution is 14.0. The molecule has 7 heteroatoms. The van der Waals surface area contributed by atoms with Crippen LogP contribution >= 0.6 is 24.0 Å². The SMILES string of the molecule is CN(C)C(=O)CN=C(NCC1CCOC1)NCC1(C)CCCCCC1.I. The first-order valence-electron chi connectivity index (χ1n) is 9.79. The van der Waals surface area contributed by atoms with Crippen molar-refractivity contribution < 1.29 is 9.53 Å². The molecule has 0 bridgehead atoms. The first-order valence-corrected chi connectivity index (χ1v) is 9.79. The van der Waals surface area contributed by atoms with Gasteiger partial charge in [0.05, 0.1) is 6.61 Å². The molecule has 2 rings (SSSR count). The van der Waals surface area contributed by atoms with Crippen LogP contribution in [0.25, 0.3) is 0 Å². The van der Waals surface area contributed by atoms with Crippen molar-refractivity contribution in [1.82, 2.24) is 15.5 Å². The smallest absolute Gasteiger partial charge is 0.243 e. The molecule has 152 valence electrons. The van der Waals surface area contributed by atoms with Gasteiger partial charge in [-0.3, -0.25) is 4.79 Å². The molecule has 0 aromatic carbocycles. The van der Waals surface area contributed by atoms with E-state index in [4.69, 9.17) is 4.74 Å². The average molecular weight is 480 g/mol. The van der Waals surface area contributed by atoms with Gasteiger partial charge in [0.25, 0.3) is 0 Å². The van der Waals surface area contributed by atoms with Crippen molar-refractivity contribution >= 4 is 35.8 Å². The zero-order valence-electron chi connectivity index (χ0n) is 16.7. The van der Waals surface area contributed by atoms with E-state index < -0.39 is 0 Å². The average Bonchev–Trinajstić information content (AvgIpc) is 3.01. The summed E-state index contributed by atoms with van der Waals surface area (Å²) < 4.78 is 5.44. The molecule has 1 amide bonds. The Balaban J connectivity index is 0.00000338. The second-order valence-corrected chi connectivity index (χ2v) is 8.14. The minimum absolute atomic E-state index is 0. The number of guanidine groups is 1. The first-order chi connectivity index (χ1) is 12.0. The molecule has 26 heavy (non-hydrogen) atoms. The summed E-state index contributed by atoms with van der Waals surface area (Å²) in [7, 11) is 3.53. The van der Waals surface area contributed by atoms with Crippen molar-refractivity contribution in [3.8, 4) is 0 Å². The Hall–Kier alpha value is -0.570. The monoisotopic (exact) mass is 480 g/mol. The zero-order chi connectivity index (χ0) is 18.1. The van der Waals surface area contributed by atoms with Gasteiger partial charge in [0.15, 0.2) is 5.96 Å².